The van der Waals surface area contributed by atoms with Gasteiger partial charge in [-0.3, -0.25) is 0 Å². The summed E-state index contributed by atoms with van der Waals surface area (Å²) in [4.78, 5) is 16.4. The molecule has 2 aromatic rings. The van der Waals surface area contributed by atoms with E-state index in [0.29, 0.717) is 43.5 Å². The monoisotopic (exact) mass is 365 g/mol. The van der Waals surface area contributed by atoms with Crippen molar-refractivity contribution in [2.24, 2.45) is 4.99 Å². The Morgan fingerprint density at radius 2 is 1.93 bits per heavy atom. The summed E-state index contributed by atoms with van der Waals surface area (Å²) in [6.45, 7) is 1.06. The van der Waals surface area contributed by atoms with Gasteiger partial charge in [-0.1, -0.05) is 18.2 Å². The Bertz CT molecular complexity index is 932. The molecule has 0 unspecified atom stereocenters. The van der Waals surface area contributed by atoms with Crippen molar-refractivity contribution in [3.05, 3.63) is 59.3 Å². The summed E-state index contributed by atoms with van der Waals surface area (Å²) in [7, 11) is 1.64. The minimum atomic E-state index is -0.439. The molecular weight excluding hydrogens is 346 g/mol. The second-order valence-corrected chi connectivity index (χ2v) is 6.18. The maximum atomic E-state index is 12.1. The average Bonchev–Trinajstić information content (AvgIpc) is 3.06. The highest BCUT2D eigenvalue weighted by molar-refractivity contribution is 6.07. The summed E-state index contributed by atoms with van der Waals surface area (Å²) in [5, 5.41) is 0. The number of carbonyl (C=O) groups excluding carboxylic acids is 1. The second-order valence-electron chi connectivity index (χ2n) is 6.18. The molecule has 2 aromatic carbocycles. The van der Waals surface area contributed by atoms with Gasteiger partial charge in [-0.2, -0.15) is 0 Å². The van der Waals surface area contributed by atoms with Gasteiger partial charge in [0.2, 0.25) is 0 Å². The van der Waals surface area contributed by atoms with E-state index < -0.39 is 5.97 Å². The summed E-state index contributed by atoms with van der Waals surface area (Å²) in [5.74, 6) is 2.17. The smallest absolute Gasteiger partial charge is 0.363 e. The quantitative estimate of drug-likeness (QED) is 0.600. The minimum absolute atomic E-state index is 0.285. The molecule has 2 aliphatic rings. The van der Waals surface area contributed by atoms with Gasteiger partial charge in [0, 0.05) is 6.42 Å². The Hall–Kier alpha value is -3.28. The van der Waals surface area contributed by atoms with Crippen LogP contribution in [0.15, 0.2) is 53.2 Å². The van der Waals surface area contributed by atoms with Crippen LogP contribution in [-0.2, 0) is 16.0 Å². The number of esters is 1. The molecule has 0 N–H and O–H groups in total. The zero-order chi connectivity index (χ0) is 18.6. The highest BCUT2D eigenvalue weighted by Crippen LogP contribution is 2.32. The third-order valence-corrected chi connectivity index (χ3v) is 4.30. The first-order valence-corrected chi connectivity index (χ1v) is 8.75. The zero-order valence-corrected chi connectivity index (χ0v) is 14.9. The van der Waals surface area contributed by atoms with Gasteiger partial charge >= 0.3 is 5.97 Å². The third-order valence-electron chi connectivity index (χ3n) is 4.30. The number of aryl methyl sites for hydroxylation is 1. The first-order chi connectivity index (χ1) is 13.2. The van der Waals surface area contributed by atoms with Crippen molar-refractivity contribution in [1.82, 2.24) is 0 Å². The molecular formula is C21H19NO5. The van der Waals surface area contributed by atoms with Gasteiger partial charge in [0.25, 0.3) is 0 Å². The van der Waals surface area contributed by atoms with Gasteiger partial charge in [0.05, 0.1) is 7.11 Å². The Labute approximate surface area is 157 Å². The molecule has 0 atom stereocenters. The lowest BCUT2D eigenvalue weighted by molar-refractivity contribution is -0.130. The summed E-state index contributed by atoms with van der Waals surface area (Å²) >= 11 is 0. The van der Waals surface area contributed by atoms with Crippen LogP contribution in [0.3, 0.4) is 0 Å². The number of fused-ring (bicyclic) bond motifs is 1. The molecule has 0 bridgehead atoms. The number of aliphatic imine (C=N–C) groups is 1. The van der Waals surface area contributed by atoms with Gasteiger partial charge in [0.15, 0.2) is 23.1 Å². The molecule has 0 fully saturated rings. The fraction of sp³-hybridized carbons (Fsp3) is 0.238. The zero-order valence-electron chi connectivity index (χ0n) is 14.9. The van der Waals surface area contributed by atoms with Gasteiger partial charge in [-0.05, 0) is 47.9 Å². The lowest BCUT2D eigenvalue weighted by Crippen LogP contribution is -2.15. The largest absolute Gasteiger partial charge is 0.497 e. The van der Waals surface area contributed by atoms with Crippen LogP contribution in [0.4, 0.5) is 0 Å². The molecule has 27 heavy (non-hydrogen) atoms. The van der Waals surface area contributed by atoms with E-state index >= 15 is 0 Å². The fourth-order valence-corrected chi connectivity index (χ4v) is 2.95. The van der Waals surface area contributed by atoms with E-state index in [0.717, 1.165) is 16.9 Å². The van der Waals surface area contributed by atoms with Crippen LogP contribution in [0.1, 0.15) is 17.5 Å². The molecule has 0 aliphatic carbocycles. The molecule has 0 aromatic heterocycles. The van der Waals surface area contributed by atoms with Gasteiger partial charge < -0.3 is 18.9 Å². The second kappa shape index (κ2) is 7.53. The normalized spacial score (nSPS) is 16.9. The Balaban J connectivity index is 1.46. The number of nitrogens with zero attached hydrogens (tertiary/aromatic N) is 1. The van der Waals surface area contributed by atoms with Crippen LogP contribution < -0.4 is 14.2 Å². The number of carbonyl (C=O) groups is 1. The number of methoxy groups -OCH3 is 1. The SMILES string of the molecule is COc1cccc(CCC2=N/C(=C/c3ccc4c(c3)OCCO4)C(=O)O2)c1. The molecule has 2 aliphatic heterocycles. The van der Waals surface area contributed by atoms with Gasteiger partial charge in [-0.25, -0.2) is 9.79 Å². The lowest BCUT2D eigenvalue weighted by Gasteiger charge is -2.18. The van der Waals surface area contributed by atoms with Crippen LogP contribution >= 0.6 is 0 Å². The number of cyclic esters (lactones) is 1. The standard InChI is InChI=1S/C21H19NO5/c1-24-16-4-2-3-14(11-16)6-8-20-22-17(21(23)27-20)12-15-5-7-18-19(13-15)26-10-9-25-18/h2-5,7,11-13H,6,8-10H2,1H3/b17-12+. The molecule has 0 saturated heterocycles. The van der Waals surface area contributed by atoms with Crippen molar-refractivity contribution in [3.8, 4) is 17.2 Å². The van der Waals surface area contributed by atoms with Gasteiger partial charge in [0.1, 0.15) is 19.0 Å². The van der Waals surface area contributed by atoms with Crippen molar-refractivity contribution >= 4 is 17.9 Å². The average molecular weight is 365 g/mol. The van der Waals surface area contributed by atoms with Crippen molar-refractivity contribution in [1.29, 1.82) is 0 Å². The summed E-state index contributed by atoms with van der Waals surface area (Å²) in [6.07, 6.45) is 2.94. The highest BCUT2D eigenvalue weighted by Gasteiger charge is 2.23. The van der Waals surface area contributed by atoms with E-state index in [1.54, 1.807) is 13.2 Å². The van der Waals surface area contributed by atoms with Crippen LogP contribution in [-0.4, -0.2) is 32.2 Å². The van der Waals surface area contributed by atoms with E-state index in [4.69, 9.17) is 18.9 Å². The number of hydrogen-bond donors (Lipinski definition) is 0. The Morgan fingerprint density at radius 3 is 2.78 bits per heavy atom. The fourth-order valence-electron chi connectivity index (χ4n) is 2.95. The highest BCUT2D eigenvalue weighted by atomic mass is 16.6. The lowest BCUT2D eigenvalue weighted by atomic mass is 10.1. The summed E-state index contributed by atoms with van der Waals surface area (Å²) < 4.78 is 21.6. The number of benzene rings is 2. The summed E-state index contributed by atoms with van der Waals surface area (Å²) in [5.41, 5.74) is 2.19. The molecule has 0 spiro atoms. The maximum absolute atomic E-state index is 12.1. The summed E-state index contributed by atoms with van der Waals surface area (Å²) in [6, 6.07) is 13.3. The molecule has 2 heterocycles. The van der Waals surface area contributed by atoms with E-state index in [1.807, 2.05) is 42.5 Å². The maximum Gasteiger partial charge on any atom is 0.363 e. The Kier molecular flexibility index (Phi) is 4.78. The van der Waals surface area contributed by atoms with Crippen molar-refractivity contribution in [2.75, 3.05) is 20.3 Å². The first kappa shape index (κ1) is 17.1. The molecule has 138 valence electrons. The molecule has 4 rings (SSSR count). The van der Waals surface area contributed by atoms with E-state index in [9.17, 15) is 4.79 Å². The molecule has 6 heteroatoms. The van der Waals surface area contributed by atoms with Gasteiger partial charge in [-0.15, -0.1) is 0 Å². The molecule has 6 nitrogen and oxygen atoms in total. The number of ether oxygens (including phenoxy) is 4. The van der Waals surface area contributed by atoms with Crippen LogP contribution in [0, 0.1) is 0 Å². The first-order valence-electron chi connectivity index (χ1n) is 8.75. The Morgan fingerprint density at radius 1 is 1.07 bits per heavy atom. The van der Waals surface area contributed by atoms with E-state index in [1.165, 1.54) is 0 Å². The third kappa shape index (κ3) is 3.95. The van der Waals surface area contributed by atoms with E-state index in [2.05, 4.69) is 4.99 Å². The number of hydrogen-bond acceptors (Lipinski definition) is 6. The molecule has 0 radical (unpaired) electrons. The van der Waals surface area contributed by atoms with Crippen molar-refractivity contribution < 1.29 is 23.7 Å². The minimum Gasteiger partial charge on any atom is -0.497 e. The van der Waals surface area contributed by atoms with E-state index in [-0.39, 0.29) is 5.70 Å². The number of rotatable bonds is 5. The van der Waals surface area contributed by atoms with Crippen molar-refractivity contribution in [3.63, 3.8) is 0 Å². The van der Waals surface area contributed by atoms with Crippen LogP contribution in [0.2, 0.25) is 0 Å². The van der Waals surface area contributed by atoms with Crippen molar-refractivity contribution in [2.45, 2.75) is 12.8 Å². The molecule has 0 saturated carbocycles. The molecule has 0 amide bonds. The van der Waals surface area contributed by atoms with Crippen LogP contribution in [0.25, 0.3) is 6.08 Å². The predicted octanol–water partition coefficient (Wildman–Crippen LogP) is 3.40. The predicted molar refractivity (Wildman–Crippen MR) is 100 cm³/mol. The topological polar surface area (TPSA) is 66.3 Å². The van der Waals surface area contributed by atoms with Crippen LogP contribution in [0.5, 0.6) is 17.2 Å².